The number of nitrogens with zero attached hydrogens (tertiary/aromatic N) is 1. The van der Waals surface area contributed by atoms with E-state index < -0.39 is 0 Å². The molecule has 1 aliphatic rings. The highest BCUT2D eigenvalue weighted by Crippen LogP contribution is 2.19. The predicted molar refractivity (Wildman–Crippen MR) is 62.4 cm³/mol. The van der Waals surface area contributed by atoms with Gasteiger partial charge in [-0.25, -0.2) is 4.99 Å². The molecule has 0 unspecified atom stereocenters. The van der Waals surface area contributed by atoms with E-state index in [0.29, 0.717) is 6.02 Å². The summed E-state index contributed by atoms with van der Waals surface area (Å²) < 4.78 is 5.43. The molecule has 0 bridgehead atoms. The Kier molecular flexibility index (Phi) is 2.90. The zero-order chi connectivity index (χ0) is 10.7. The Morgan fingerprint density at radius 1 is 1.27 bits per heavy atom. The first-order valence-corrected chi connectivity index (χ1v) is 5.28. The quantitative estimate of drug-likeness (QED) is 0.762. The van der Waals surface area contributed by atoms with E-state index in [4.69, 9.17) is 4.74 Å². The zero-order valence-corrected chi connectivity index (χ0v) is 9.21. The molecule has 2 rings (SSSR count). The van der Waals surface area contributed by atoms with E-state index in [-0.39, 0.29) is 0 Å². The Labute approximate surface area is 90.2 Å². The lowest BCUT2D eigenvalue weighted by Crippen LogP contribution is -2.22. The average Bonchev–Trinajstić information content (AvgIpc) is 2.25. The Hall–Kier alpha value is -1.51. The number of ether oxygens (including phenoxy) is 1. The third-order valence-corrected chi connectivity index (χ3v) is 2.51. The van der Waals surface area contributed by atoms with Crippen molar-refractivity contribution in [3.8, 4) is 0 Å². The van der Waals surface area contributed by atoms with Crippen molar-refractivity contribution in [1.82, 2.24) is 0 Å². The van der Waals surface area contributed by atoms with E-state index >= 15 is 0 Å². The summed E-state index contributed by atoms with van der Waals surface area (Å²) in [4.78, 5) is 4.29. The Bertz CT molecular complexity index is 365. The average molecular weight is 204 g/mol. The maximum Gasteiger partial charge on any atom is 0.289 e. The van der Waals surface area contributed by atoms with Crippen LogP contribution < -0.4 is 5.32 Å². The molecule has 1 aliphatic heterocycles. The topological polar surface area (TPSA) is 33.6 Å². The molecule has 0 saturated heterocycles. The first kappa shape index (κ1) is 10.0. The Morgan fingerprint density at radius 3 is 2.60 bits per heavy atom. The van der Waals surface area contributed by atoms with Crippen LogP contribution in [0.5, 0.6) is 0 Å². The highest BCUT2D eigenvalue weighted by Gasteiger charge is 2.08. The lowest BCUT2D eigenvalue weighted by atomic mass is 10.1. The second kappa shape index (κ2) is 4.34. The summed E-state index contributed by atoms with van der Waals surface area (Å²) in [5.41, 5.74) is 3.54. The highest BCUT2D eigenvalue weighted by molar-refractivity contribution is 5.91. The van der Waals surface area contributed by atoms with Gasteiger partial charge >= 0.3 is 0 Å². The molecule has 1 N–H and O–H groups in total. The fourth-order valence-electron chi connectivity index (χ4n) is 1.65. The minimum atomic E-state index is 0.652. The first-order valence-electron chi connectivity index (χ1n) is 5.28. The Morgan fingerprint density at radius 2 is 2.00 bits per heavy atom. The van der Waals surface area contributed by atoms with Crippen LogP contribution in [-0.4, -0.2) is 19.2 Å². The largest absolute Gasteiger partial charge is 0.465 e. The van der Waals surface area contributed by atoms with Gasteiger partial charge < -0.3 is 10.1 Å². The van der Waals surface area contributed by atoms with Crippen LogP contribution in [-0.2, 0) is 4.74 Å². The summed E-state index contributed by atoms with van der Waals surface area (Å²) in [6, 6.07) is 6.87. The number of rotatable bonds is 1. The molecule has 80 valence electrons. The molecule has 1 aromatic rings. The Balaban J connectivity index is 2.19. The van der Waals surface area contributed by atoms with Gasteiger partial charge in [0.05, 0.1) is 6.61 Å². The van der Waals surface area contributed by atoms with Crippen LogP contribution in [0, 0.1) is 13.8 Å². The highest BCUT2D eigenvalue weighted by atomic mass is 16.5. The van der Waals surface area contributed by atoms with Gasteiger partial charge in [-0.3, -0.25) is 0 Å². The summed E-state index contributed by atoms with van der Waals surface area (Å²) in [5, 5.41) is 3.25. The smallest absolute Gasteiger partial charge is 0.289 e. The van der Waals surface area contributed by atoms with Crippen molar-refractivity contribution in [2.75, 3.05) is 18.5 Å². The SMILES string of the molecule is Cc1cccc(C)c1NC1=NCCCO1. The van der Waals surface area contributed by atoms with Crippen molar-refractivity contribution >= 4 is 11.7 Å². The van der Waals surface area contributed by atoms with Crippen LogP contribution in [0.1, 0.15) is 17.5 Å². The van der Waals surface area contributed by atoms with Crippen molar-refractivity contribution in [2.24, 2.45) is 4.99 Å². The normalized spacial score (nSPS) is 15.5. The molecule has 15 heavy (non-hydrogen) atoms. The van der Waals surface area contributed by atoms with Gasteiger partial charge in [0.15, 0.2) is 0 Å². The molecule has 0 amide bonds. The van der Waals surface area contributed by atoms with Gasteiger partial charge in [0.25, 0.3) is 6.02 Å². The molecule has 0 atom stereocenters. The standard InChI is InChI=1S/C12H16N2O/c1-9-5-3-6-10(2)11(9)14-12-13-7-4-8-15-12/h3,5-6H,4,7-8H2,1-2H3,(H,13,14). The molecule has 0 aromatic heterocycles. The van der Waals surface area contributed by atoms with E-state index in [1.54, 1.807) is 0 Å². The van der Waals surface area contributed by atoms with Gasteiger partial charge in [-0.2, -0.15) is 0 Å². The van der Waals surface area contributed by atoms with Crippen LogP contribution in [0.3, 0.4) is 0 Å². The van der Waals surface area contributed by atoms with Crippen molar-refractivity contribution in [1.29, 1.82) is 0 Å². The molecule has 3 heteroatoms. The van der Waals surface area contributed by atoms with E-state index in [0.717, 1.165) is 25.3 Å². The number of hydrogen-bond acceptors (Lipinski definition) is 3. The maximum absolute atomic E-state index is 5.43. The van der Waals surface area contributed by atoms with E-state index in [2.05, 4.69) is 42.4 Å². The number of nitrogens with one attached hydrogen (secondary N) is 1. The van der Waals surface area contributed by atoms with Gasteiger partial charge in [0.2, 0.25) is 0 Å². The van der Waals surface area contributed by atoms with Gasteiger partial charge in [0.1, 0.15) is 0 Å². The summed E-state index contributed by atoms with van der Waals surface area (Å²) in [5.74, 6) is 0. The van der Waals surface area contributed by atoms with Gasteiger partial charge in [0, 0.05) is 18.7 Å². The van der Waals surface area contributed by atoms with Crippen molar-refractivity contribution in [3.63, 3.8) is 0 Å². The number of aryl methyl sites for hydroxylation is 2. The van der Waals surface area contributed by atoms with E-state index in [1.807, 2.05) is 0 Å². The second-order valence-electron chi connectivity index (χ2n) is 3.78. The minimum absolute atomic E-state index is 0.652. The third-order valence-electron chi connectivity index (χ3n) is 2.51. The van der Waals surface area contributed by atoms with Gasteiger partial charge in [-0.1, -0.05) is 18.2 Å². The third kappa shape index (κ3) is 2.29. The van der Waals surface area contributed by atoms with Crippen molar-refractivity contribution in [2.45, 2.75) is 20.3 Å². The number of aliphatic imine (C=N–C) groups is 1. The molecule has 0 radical (unpaired) electrons. The van der Waals surface area contributed by atoms with Crippen LogP contribution >= 0.6 is 0 Å². The van der Waals surface area contributed by atoms with Crippen LogP contribution in [0.2, 0.25) is 0 Å². The summed E-state index contributed by atoms with van der Waals surface area (Å²) in [6.07, 6.45) is 1.01. The summed E-state index contributed by atoms with van der Waals surface area (Å²) >= 11 is 0. The number of para-hydroxylation sites is 1. The molecule has 0 fully saturated rings. The van der Waals surface area contributed by atoms with Crippen molar-refractivity contribution < 1.29 is 4.74 Å². The fraction of sp³-hybridized carbons (Fsp3) is 0.417. The predicted octanol–water partition coefficient (Wildman–Crippen LogP) is 2.49. The summed E-state index contributed by atoms with van der Waals surface area (Å²) in [7, 11) is 0. The molecule has 0 saturated carbocycles. The minimum Gasteiger partial charge on any atom is -0.465 e. The first-order chi connectivity index (χ1) is 7.27. The van der Waals surface area contributed by atoms with Crippen LogP contribution in [0.25, 0.3) is 0 Å². The lowest BCUT2D eigenvalue weighted by molar-refractivity contribution is 0.282. The maximum atomic E-state index is 5.43. The lowest BCUT2D eigenvalue weighted by Gasteiger charge is -2.17. The van der Waals surface area contributed by atoms with Gasteiger partial charge in [-0.05, 0) is 25.0 Å². The van der Waals surface area contributed by atoms with Crippen LogP contribution in [0.4, 0.5) is 5.69 Å². The molecule has 0 aliphatic carbocycles. The number of benzene rings is 1. The van der Waals surface area contributed by atoms with Crippen molar-refractivity contribution in [3.05, 3.63) is 29.3 Å². The number of hydrogen-bond donors (Lipinski definition) is 1. The molecule has 1 aromatic carbocycles. The van der Waals surface area contributed by atoms with Crippen LogP contribution in [0.15, 0.2) is 23.2 Å². The number of anilines is 1. The molecular formula is C12H16N2O. The van der Waals surface area contributed by atoms with E-state index in [9.17, 15) is 0 Å². The second-order valence-corrected chi connectivity index (χ2v) is 3.78. The molecular weight excluding hydrogens is 188 g/mol. The molecule has 0 spiro atoms. The number of amidine groups is 1. The van der Waals surface area contributed by atoms with E-state index in [1.165, 1.54) is 11.1 Å². The zero-order valence-electron chi connectivity index (χ0n) is 9.21. The fourth-order valence-corrected chi connectivity index (χ4v) is 1.65. The summed E-state index contributed by atoms with van der Waals surface area (Å²) in [6.45, 7) is 5.78. The molecule has 3 nitrogen and oxygen atoms in total. The monoisotopic (exact) mass is 204 g/mol. The molecule has 1 heterocycles. The van der Waals surface area contributed by atoms with Gasteiger partial charge in [-0.15, -0.1) is 0 Å².